The van der Waals surface area contributed by atoms with Gasteiger partial charge in [0.2, 0.25) is 0 Å². The van der Waals surface area contributed by atoms with Crippen LogP contribution in [0.2, 0.25) is 0 Å². The molecule has 0 saturated heterocycles. The van der Waals surface area contributed by atoms with Gasteiger partial charge in [0.05, 0.1) is 0 Å². The zero-order valence-electron chi connectivity index (χ0n) is 9.07. The summed E-state index contributed by atoms with van der Waals surface area (Å²) in [6.07, 6.45) is 1.77. The molecular weight excluding hydrogens is 317 g/mol. The summed E-state index contributed by atoms with van der Waals surface area (Å²) in [4.78, 5) is 11.6. The summed E-state index contributed by atoms with van der Waals surface area (Å²) in [7, 11) is 0. The van der Waals surface area contributed by atoms with E-state index in [0.29, 0.717) is 6.04 Å². The molecule has 1 amide bonds. The number of rotatable bonds is 4. The van der Waals surface area contributed by atoms with E-state index in [1.165, 1.54) is 0 Å². The molecule has 0 unspecified atom stereocenters. The van der Waals surface area contributed by atoms with Crippen LogP contribution in [-0.4, -0.2) is 18.1 Å². The van der Waals surface area contributed by atoms with E-state index in [0.717, 1.165) is 22.2 Å². The Morgan fingerprint density at radius 3 is 2.94 bits per heavy atom. The van der Waals surface area contributed by atoms with Gasteiger partial charge in [-0.1, -0.05) is 6.07 Å². The van der Waals surface area contributed by atoms with Crippen LogP contribution in [0.3, 0.4) is 0 Å². The highest BCUT2D eigenvalue weighted by molar-refractivity contribution is 14.1. The molecule has 1 aliphatic carbocycles. The van der Waals surface area contributed by atoms with Crippen LogP contribution >= 0.6 is 22.6 Å². The first-order chi connectivity index (χ1) is 7.65. The van der Waals surface area contributed by atoms with Gasteiger partial charge in [0.15, 0.2) is 6.10 Å². The van der Waals surface area contributed by atoms with Crippen molar-refractivity contribution in [2.75, 3.05) is 0 Å². The Balaban J connectivity index is 1.90. The van der Waals surface area contributed by atoms with Gasteiger partial charge in [0, 0.05) is 9.61 Å². The molecule has 0 radical (unpaired) electrons. The predicted octanol–water partition coefficient (Wildman–Crippen LogP) is 2.34. The van der Waals surface area contributed by atoms with Gasteiger partial charge >= 0.3 is 0 Å². The Labute approximate surface area is 109 Å². The molecule has 1 fully saturated rings. The lowest BCUT2D eigenvalue weighted by Crippen LogP contribution is -2.37. The smallest absolute Gasteiger partial charge is 0.260 e. The number of ether oxygens (including phenoxy) is 1. The summed E-state index contributed by atoms with van der Waals surface area (Å²) in [6, 6.07) is 8.07. The van der Waals surface area contributed by atoms with Crippen LogP contribution in [0.25, 0.3) is 0 Å². The maximum absolute atomic E-state index is 11.6. The molecule has 3 nitrogen and oxygen atoms in total. The van der Waals surface area contributed by atoms with Crippen molar-refractivity contribution < 1.29 is 9.53 Å². The molecule has 0 aliphatic heterocycles. The number of amides is 1. The SMILES string of the molecule is C[C@H](Oc1cccc(I)c1)C(=O)NC1CC1. The molecule has 1 aliphatic rings. The minimum absolute atomic E-state index is 0.0265. The molecule has 0 spiro atoms. The van der Waals surface area contributed by atoms with E-state index < -0.39 is 6.10 Å². The van der Waals surface area contributed by atoms with Crippen LogP contribution in [0.15, 0.2) is 24.3 Å². The summed E-state index contributed by atoms with van der Waals surface area (Å²) < 4.78 is 6.67. The summed E-state index contributed by atoms with van der Waals surface area (Å²) in [5, 5.41) is 2.92. The fraction of sp³-hybridized carbons (Fsp3) is 0.417. The average Bonchev–Trinajstić information content (AvgIpc) is 3.01. The van der Waals surface area contributed by atoms with Crippen LogP contribution in [0.4, 0.5) is 0 Å². The van der Waals surface area contributed by atoms with Crippen molar-refractivity contribution in [3.05, 3.63) is 27.8 Å². The number of halogens is 1. The van der Waals surface area contributed by atoms with Gasteiger partial charge < -0.3 is 10.1 Å². The first kappa shape index (κ1) is 11.7. The second-order valence-electron chi connectivity index (χ2n) is 4.00. The first-order valence-electron chi connectivity index (χ1n) is 5.38. The van der Waals surface area contributed by atoms with Crippen LogP contribution in [0, 0.1) is 3.57 Å². The zero-order chi connectivity index (χ0) is 11.5. The molecule has 2 rings (SSSR count). The topological polar surface area (TPSA) is 38.3 Å². The second kappa shape index (κ2) is 5.03. The molecule has 86 valence electrons. The maximum atomic E-state index is 11.6. The van der Waals surface area contributed by atoms with Crippen molar-refractivity contribution in [1.82, 2.24) is 5.32 Å². The van der Waals surface area contributed by atoms with E-state index in [2.05, 4.69) is 27.9 Å². The third-order valence-corrected chi connectivity index (χ3v) is 3.07. The van der Waals surface area contributed by atoms with Gasteiger partial charge in [0.1, 0.15) is 5.75 Å². The molecule has 1 aromatic rings. The molecular formula is C12H14INO2. The highest BCUT2D eigenvalue weighted by Gasteiger charge is 2.26. The maximum Gasteiger partial charge on any atom is 0.260 e. The van der Waals surface area contributed by atoms with Gasteiger partial charge in [-0.2, -0.15) is 0 Å². The largest absolute Gasteiger partial charge is 0.481 e. The number of nitrogens with one attached hydrogen (secondary N) is 1. The van der Waals surface area contributed by atoms with E-state index in [1.807, 2.05) is 24.3 Å². The third kappa shape index (κ3) is 3.37. The van der Waals surface area contributed by atoms with E-state index in [4.69, 9.17) is 4.74 Å². The molecule has 1 N–H and O–H groups in total. The second-order valence-corrected chi connectivity index (χ2v) is 5.25. The molecule has 0 aromatic heterocycles. The standard InChI is InChI=1S/C12H14INO2/c1-8(12(15)14-10-5-6-10)16-11-4-2-3-9(13)7-11/h2-4,7-8,10H,5-6H2,1H3,(H,14,15)/t8-/m0/s1. The summed E-state index contributed by atoms with van der Waals surface area (Å²) in [5.41, 5.74) is 0. The highest BCUT2D eigenvalue weighted by atomic mass is 127. The summed E-state index contributed by atoms with van der Waals surface area (Å²) in [6.45, 7) is 1.78. The minimum atomic E-state index is -0.432. The van der Waals surface area contributed by atoms with E-state index in [-0.39, 0.29) is 5.91 Å². The van der Waals surface area contributed by atoms with Gasteiger partial charge in [-0.15, -0.1) is 0 Å². The highest BCUT2D eigenvalue weighted by Crippen LogP contribution is 2.20. The number of hydrogen-bond acceptors (Lipinski definition) is 2. The molecule has 1 aromatic carbocycles. The Kier molecular flexibility index (Phi) is 3.68. The predicted molar refractivity (Wildman–Crippen MR) is 70.4 cm³/mol. The van der Waals surface area contributed by atoms with Crippen molar-refractivity contribution in [3.63, 3.8) is 0 Å². The van der Waals surface area contributed by atoms with E-state index in [1.54, 1.807) is 6.92 Å². The average molecular weight is 331 g/mol. The lowest BCUT2D eigenvalue weighted by Gasteiger charge is -2.14. The first-order valence-corrected chi connectivity index (χ1v) is 6.45. The van der Waals surface area contributed by atoms with Crippen molar-refractivity contribution in [3.8, 4) is 5.75 Å². The molecule has 0 heterocycles. The molecule has 1 saturated carbocycles. The fourth-order valence-corrected chi connectivity index (χ4v) is 1.86. The minimum Gasteiger partial charge on any atom is -0.481 e. The van der Waals surface area contributed by atoms with Crippen molar-refractivity contribution in [1.29, 1.82) is 0 Å². The summed E-state index contributed by atoms with van der Waals surface area (Å²) >= 11 is 2.22. The Hall–Kier alpha value is -0.780. The van der Waals surface area contributed by atoms with Crippen molar-refractivity contribution >= 4 is 28.5 Å². The number of carbonyl (C=O) groups excluding carboxylic acids is 1. The fourth-order valence-electron chi connectivity index (χ4n) is 1.34. The molecule has 4 heteroatoms. The van der Waals surface area contributed by atoms with Gasteiger partial charge in [-0.3, -0.25) is 4.79 Å². The molecule has 0 bridgehead atoms. The van der Waals surface area contributed by atoms with Crippen LogP contribution in [0.1, 0.15) is 19.8 Å². The zero-order valence-corrected chi connectivity index (χ0v) is 11.2. The van der Waals surface area contributed by atoms with Crippen molar-refractivity contribution in [2.24, 2.45) is 0 Å². The third-order valence-electron chi connectivity index (χ3n) is 2.40. The van der Waals surface area contributed by atoms with Crippen LogP contribution < -0.4 is 10.1 Å². The summed E-state index contributed by atoms with van der Waals surface area (Å²) in [5.74, 6) is 0.715. The number of benzene rings is 1. The number of hydrogen-bond donors (Lipinski definition) is 1. The number of carbonyl (C=O) groups is 1. The van der Waals surface area contributed by atoms with Crippen LogP contribution in [-0.2, 0) is 4.79 Å². The van der Waals surface area contributed by atoms with Gasteiger partial charge in [0.25, 0.3) is 5.91 Å². The van der Waals surface area contributed by atoms with Gasteiger partial charge in [-0.25, -0.2) is 0 Å². The Morgan fingerprint density at radius 1 is 1.56 bits per heavy atom. The van der Waals surface area contributed by atoms with Crippen LogP contribution in [0.5, 0.6) is 5.75 Å². The normalized spacial score (nSPS) is 16.6. The quantitative estimate of drug-likeness (QED) is 0.860. The lowest BCUT2D eigenvalue weighted by molar-refractivity contribution is -0.127. The van der Waals surface area contributed by atoms with E-state index >= 15 is 0 Å². The monoisotopic (exact) mass is 331 g/mol. The van der Waals surface area contributed by atoms with Gasteiger partial charge in [-0.05, 0) is 60.6 Å². The lowest BCUT2D eigenvalue weighted by atomic mass is 10.3. The Morgan fingerprint density at radius 2 is 2.31 bits per heavy atom. The van der Waals surface area contributed by atoms with Crippen molar-refractivity contribution in [2.45, 2.75) is 31.9 Å². The molecule has 16 heavy (non-hydrogen) atoms. The molecule has 1 atom stereocenters. The van der Waals surface area contributed by atoms with E-state index in [9.17, 15) is 4.79 Å². The Bertz CT molecular complexity index is 390.